The van der Waals surface area contributed by atoms with E-state index in [0.29, 0.717) is 0 Å². The summed E-state index contributed by atoms with van der Waals surface area (Å²) >= 11 is 0. The maximum absolute atomic E-state index is 8.65. The van der Waals surface area contributed by atoms with Gasteiger partial charge in [0.2, 0.25) is 0 Å². The Hall–Kier alpha value is -0.830. The summed E-state index contributed by atoms with van der Waals surface area (Å²) in [6, 6.07) is 0. The van der Waals surface area contributed by atoms with E-state index in [9.17, 15) is 0 Å². The summed E-state index contributed by atoms with van der Waals surface area (Å²) in [6.07, 6.45) is 3.43. The quantitative estimate of drug-likeness (QED) is 0.606. The lowest BCUT2D eigenvalue weighted by Gasteiger charge is -2.00. The van der Waals surface area contributed by atoms with Crippen LogP contribution in [-0.2, 0) is 0 Å². The highest BCUT2D eigenvalue weighted by Gasteiger charge is 2.03. The predicted molar refractivity (Wildman–Crippen MR) is 34.1 cm³/mol. The van der Waals surface area contributed by atoms with Gasteiger partial charge < -0.3 is 10.1 Å². The van der Waals surface area contributed by atoms with Crippen LogP contribution in [0, 0.1) is 0 Å². The van der Waals surface area contributed by atoms with Crippen LogP contribution in [0.5, 0.6) is 0 Å². The molecular weight excluding hydrogens is 116 g/mol. The molecule has 1 atom stereocenters. The number of aromatic amines is 1. The van der Waals surface area contributed by atoms with Crippen LogP contribution >= 0.6 is 0 Å². The van der Waals surface area contributed by atoms with E-state index in [-0.39, 0.29) is 12.5 Å². The van der Waals surface area contributed by atoms with Crippen molar-refractivity contribution in [2.24, 2.45) is 0 Å². The molecule has 0 aliphatic heterocycles. The second-order valence-electron chi connectivity index (χ2n) is 2.06. The summed E-state index contributed by atoms with van der Waals surface area (Å²) in [5.41, 5.74) is 0. The monoisotopic (exact) mass is 126 g/mol. The first-order chi connectivity index (χ1) is 4.34. The van der Waals surface area contributed by atoms with Crippen molar-refractivity contribution in [3.8, 4) is 0 Å². The highest BCUT2D eigenvalue weighted by Crippen LogP contribution is 2.06. The summed E-state index contributed by atoms with van der Waals surface area (Å²) in [4.78, 5) is 6.89. The van der Waals surface area contributed by atoms with E-state index in [2.05, 4.69) is 9.97 Å². The van der Waals surface area contributed by atoms with Crippen molar-refractivity contribution in [1.82, 2.24) is 9.97 Å². The van der Waals surface area contributed by atoms with E-state index in [4.69, 9.17) is 5.11 Å². The highest BCUT2D eigenvalue weighted by molar-refractivity contribution is 4.94. The smallest absolute Gasteiger partial charge is 0.111 e. The fourth-order valence-corrected chi connectivity index (χ4v) is 0.633. The summed E-state index contributed by atoms with van der Waals surface area (Å²) < 4.78 is 0. The molecule has 50 valence electrons. The fourth-order valence-electron chi connectivity index (χ4n) is 0.633. The van der Waals surface area contributed by atoms with Crippen LogP contribution in [0.1, 0.15) is 18.7 Å². The maximum atomic E-state index is 8.65. The van der Waals surface area contributed by atoms with Crippen molar-refractivity contribution in [3.63, 3.8) is 0 Å². The van der Waals surface area contributed by atoms with Gasteiger partial charge in [0, 0.05) is 18.3 Å². The van der Waals surface area contributed by atoms with Crippen LogP contribution in [-0.4, -0.2) is 21.7 Å². The Morgan fingerprint density at radius 2 is 2.67 bits per heavy atom. The third-order valence-corrected chi connectivity index (χ3v) is 1.26. The van der Waals surface area contributed by atoms with Crippen molar-refractivity contribution < 1.29 is 5.11 Å². The van der Waals surface area contributed by atoms with E-state index < -0.39 is 0 Å². The van der Waals surface area contributed by atoms with Gasteiger partial charge in [0.15, 0.2) is 0 Å². The van der Waals surface area contributed by atoms with Gasteiger partial charge in [0.25, 0.3) is 0 Å². The molecule has 0 saturated carbocycles. The Morgan fingerprint density at radius 3 is 3.11 bits per heavy atom. The molecule has 3 nitrogen and oxygen atoms in total. The SMILES string of the molecule is C[C@@H](CO)c1ncc[nH]1. The topological polar surface area (TPSA) is 48.9 Å². The van der Waals surface area contributed by atoms with Gasteiger partial charge in [0.05, 0.1) is 6.61 Å². The largest absolute Gasteiger partial charge is 0.396 e. The molecule has 9 heavy (non-hydrogen) atoms. The van der Waals surface area contributed by atoms with Gasteiger partial charge in [-0.2, -0.15) is 0 Å². The fraction of sp³-hybridized carbons (Fsp3) is 0.500. The van der Waals surface area contributed by atoms with Gasteiger partial charge in [-0.05, 0) is 0 Å². The molecule has 0 aliphatic carbocycles. The third kappa shape index (κ3) is 1.29. The number of aliphatic hydroxyl groups excluding tert-OH is 1. The number of rotatable bonds is 2. The molecule has 1 rings (SSSR count). The van der Waals surface area contributed by atoms with Gasteiger partial charge >= 0.3 is 0 Å². The predicted octanol–water partition coefficient (Wildman–Crippen LogP) is 0.505. The van der Waals surface area contributed by atoms with E-state index >= 15 is 0 Å². The molecule has 1 aromatic heterocycles. The Morgan fingerprint density at radius 1 is 1.89 bits per heavy atom. The number of aromatic nitrogens is 2. The number of hydrogen-bond donors (Lipinski definition) is 2. The van der Waals surface area contributed by atoms with Gasteiger partial charge in [0.1, 0.15) is 5.82 Å². The number of nitrogens with one attached hydrogen (secondary N) is 1. The first kappa shape index (κ1) is 6.29. The zero-order valence-corrected chi connectivity index (χ0v) is 5.33. The number of aliphatic hydroxyl groups is 1. The molecule has 0 unspecified atom stereocenters. The molecule has 0 spiro atoms. The Kier molecular flexibility index (Phi) is 1.85. The zero-order chi connectivity index (χ0) is 6.69. The summed E-state index contributed by atoms with van der Waals surface area (Å²) in [6.45, 7) is 2.06. The second kappa shape index (κ2) is 2.64. The third-order valence-electron chi connectivity index (χ3n) is 1.26. The Labute approximate surface area is 53.7 Å². The number of nitrogens with zero attached hydrogens (tertiary/aromatic N) is 1. The lowest BCUT2D eigenvalue weighted by atomic mass is 10.2. The first-order valence-electron chi connectivity index (χ1n) is 2.94. The van der Waals surface area contributed by atoms with E-state index in [0.717, 1.165) is 5.82 Å². The normalized spacial score (nSPS) is 13.6. The van der Waals surface area contributed by atoms with E-state index in [1.165, 1.54) is 0 Å². The number of H-pyrrole nitrogens is 1. The minimum Gasteiger partial charge on any atom is -0.396 e. The van der Waals surface area contributed by atoms with E-state index in [1.807, 2.05) is 6.92 Å². The molecule has 0 aliphatic rings. The molecule has 0 saturated heterocycles. The summed E-state index contributed by atoms with van der Waals surface area (Å²) in [5.74, 6) is 0.970. The Balaban J connectivity index is 2.65. The maximum Gasteiger partial charge on any atom is 0.111 e. The molecule has 0 fully saturated rings. The molecular formula is C6H10N2O. The van der Waals surface area contributed by atoms with Gasteiger partial charge in [-0.15, -0.1) is 0 Å². The molecule has 0 aromatic carbocycles. The number of imidazole rings is 1. The van der Waals surface area contributed by atoms with Crippen LogP contribution in [0.15, 0.2) is 12.4 Å². The average Bonchev–Trinajstić information content (AvgIpc) is 2.37. The van der Waals surface area contributed by atoms with E-state index in [1.54, 1.807) is 12.4 Å². The summed E-state index contributed by atoms with van der Waals surface area (Å²) in [7, 11) is 0. The van der Waals surface area contributed by atoms with Crippen LogP contribution in [0.4, 0.5) is 0 Å². The van der Waals surface area contributed by atoms with Crippen LogP contribution in [0.25, 0.3) is 0 Å². The Bertz CT molecular complexity index is 160. The molecule has 0 amide bonds. The average molecular weight is 126 g/mol. The number of hydrogen-bond acceptors (Lipinski definition) is 2. The standard InChI is InChI=1S/C6H10N2O/c1-5(4-9)6-7-2-3-8-6/h2-3,5,9H,4H2,1H3,(H,7,8)/t5-/m0/s1. The van der Waals surface area contributed by atoms with Crippen LogP contribution in [0.2, 0.25) is 0 Å². The van der Waals surface area contributed by atoms with Crippen LogP contribution in [0.3, 0.4) is 0 Å². The van der Waals surface area contributed by atoms with Gasteiger partial charge in [-0.3, -0.25) is 0 Å². The van der Waals surface area contributed by atoms with Crippen LogP contribution < -0.4 is 0 Å². The first-order valence-corrected chi connectivity index (χ1v) is 2.94. The second-order valence-corrected chi connectivity index (χ2v) is 2.06. The molecule has 0 radical (unpaired) electrons. The molecule has 1 aromatic rings. The van der Waals surface area contributed by atoms with Crippen molar-refractivity contribution in [1.29, 1.82) is 0 Å². The lowest BCUT2D eigenvalue weighted by Crippen LogP contribution is -2.00. The molecule has 0 bridgehead atoms. The molecule has 2 N–H and O–H groups in total. The zero-order valence-electron chi connectivity index (χ0n) is 5.33. The lowest BCUT2D eigenvalue weighted by molar-refractivity contribution is 0.269. The van der Waals surface area contributed by atoms with Crippen molar-refractivity contribution >= 4 is 0 Å². The van der Waals surface area contributed by atoms with Crippen molar-refractivity contribution in [2.75, 3.05) is 6.61 Å². The molecule has 3 heteroatoms. The summed E-state index contributed by atoms with van der Waals surface area (Å²) in [5, 5.41) is 8.65. The van der Waals surface area contributed by atoms with Crippen molar-refractivity contribution in [2.45, 2.75) is 12.8 Å². The van der Waals surface area contributed by atoms with Gasteiger partial charge in [-0.25, -0.2) is 4.98 Å². The molecule has 1 heterocycles. The van der Waals surface area contributed by atoms with Crippen molar-refractivity contribution in [3.05, 3.63) is 18.2 Å². The minimum absolute atomic E-state index is 0.125. The highest BCUT2D eigenvalue weighted by atomic mass is 16.3. The minimum atomic E-state index is 0.125. The van der Waals surface area contributed by atoms with Gasteiger partial charge in [-0.1, -0.05) is 6.92 Å².